The topological polar surface area (TPSA) is 41.0 Å². The lowest BCUT2D eigenvalue weighted by atomic mass is 9.98. The monoisotopic (exact) mass is 240 g/mol. The lowest BCUT2D eigenvalue weighted by Crippen LogP contribution is -2.39. The number of anilines is 1. The molecule has 1 aliphatic rings. The number of piperidine rings is 1. The molecule has 1 aliphatic heterocycles. The molecule has 0 radical (unpaired) electrons. The zero-order chi connectivity index (χ0) is 11.4. The molecular formula is C11H17ClN4. The molecule has 1 fully saturated rings. The molecule has 1 unspecified atom stereocenters. The molecule has 1 atom stereocenters. The number of halogens is 1. The van der Waals surface area contributed by atoms with Crippen molar-refractivity contribution in [3.63, 3.8) is 0 Å². The van der Waals surface area contributed by atoms with Crippen molar-refractivity contribution in [1.82, 2.24) is 15.3 Å². The fraction of sp³-hybridized carbons (Fsp3) is 0.636. The SMILES string of the molecule is CNCC1CCCN(c2ncncc2Cl)C1. The van der Waals surface area contributed by atoms with Gasteiger partial charge in [0.25, 0.3) is 0 Å². The van der Waals surface area contributed by atoms with Crippen molar-refractivity contribution in [2.75, 3.05) is 31.6 Å². The quantitative estimate of drug-likeness (QED) is 0.871. The van der Waals surface area contributed by atoms with Gasteiger partial charge >= 0.3 is 0 Å². The molecule has 0 saturated carbocycles. The number of hydrogen-bond donors (Lipinski definition) is 1. The van der Waals surface area contributed by atoms with Gasteiger partial charge in [0.15, 0.2) is 5.82 Å². The van der Waals surface area contributed by atoms with Crippen LogP contribution in [0.2, 0.25) is 5.02 Å². The summed E-state index contributed by atoms with van der Waals surface area (Å²) in [6.07, 6.45) is 5.70. The molecule has 1 aromatic rings. The number of nitrogens with one attached hydrogen (secondary N) is 1. The third-order valence-electron chi connectivity index (χ3n) is 2.96. The second-order valence-corrected chi connectivity index (χ2v) is 4.61. The Morgan fingerprint density at radius 3 is 3.25 bits per heavy atom. The van der Waals surface area contributed by atoms with E-state index in [2.05, 4.69) is 20.2 Å². The molecule has 0 amide bonds. The summed E-state index contributed by atoms with van der Waals surface area (Å²) in [4.78, 5) is 10.4. The summed E-state index contributed by atoms with van der Waals surface area (Å²) >= 11 is 6.10. The van der Waals surface area contributed by atoms with Crippen LogP contribution in [0, 0.1) is 5.92 Å². The second kappa shape index (κ2) is 5.46. The Kier molecular flexibility index (Phi) is 3.96. The normalized spacial score (nSPS) is 21.1. The van der Waals surface area contributed by atoms with Gasteiger partial charge in [0, 0.05) is 13.1 Å². The van der Waals surface area contributed by atoms with Crippen LogP contribution >= 0.6 is 11.6 Å². The van der Waals surface area contributed by atoms with Crippen LogP contribution in [0.5, 0.6) is 0 Å². The summed E-state index contributed by atoms with van der Waals surface area (Å²) in [5.41, 5.74) is 0. The van der Waals surface area contributed by atoms with Crippen LogP contribution in [0.4, 0.5) is 5.82 Å². The first kappa shape index (κ1) is 11.6. The number of aromatic nitrogens is 2. The molecule has 2 heterocycles. The average Bonchev–Trinajstić information content (AvgIpc) is 2.30. The second-order valence-electron chi connectivity index (χ2n) is 4.21. The molecule has 2 rings (SSSR count). The first-order valence-corrected chi connectivity index (χ1v) is 6.04. The van der Waals surface area contributed by atoms with Gasteiger partial charge in [-0.3, -0.25) is 0 Å². The van der Waals surface area contributed by atoms with E-state index >= 15 is 0 Å². The molecule has 1 N–H and O–H groups in total. The van der Waals surface area contributed by atoms with E-state index in [0.717, 1.165) is 25.5 Å². The lowest BCUT2D eigenvalue weighted by Gasteiger charge is -2.33. The third-order valence-corrected chi connectivity index (χ3v) is 3.23. The third kappa shape index (κ3) is 2.62. The van der Waals surface area contributed by atoms with Crippen LogP contribution in [0.3, 0.4) is 0 Å². The predicted octanol–water partition coefficient (Wildman–Crippen LogP) is 1.57. The Labute approximate surface area is 101 Å². The highest BCUT2D eigenvalue weighted by atomic mass is 35.5. The Balaban J connectivity index is 2.07. The van der Waals surface area contributed by atoms with E-state index in [-0.39, 0.29) is 0 Å². The minimum absolute atomic E-state index is 0.646. The standard InChI is InChI=1S/C11H17ClN4/c1-13-5-9-3-2-4-16(7-9)11-10(12)6-14-8-15-11/h6,8-9,13H,2-5,7H2,1H3. The maximum Gasteiger partial charge on any atom is 0.150 e. The first-order chi connectivity index (χ1) is 7.81. The number of nitrogens with zero attached hydrogens (tertiary/aromatic N) is 3. The van der Waals surface area contributed by atoms with Crippen molar-refractivity contribution in [3.05, 3.63) is 17.5 Å². The number of rotatable bonds is 3. The molecule has 0 aromatic carbocycles. The van der Waals surface area contributed by atoms with Crippen molar-refractivity contribution in [1.29, 1.82) is 0 Å². The van der Waals surface area contributed by atoms with E-state index < -0.39 is 0 Å². The van der Waals surface area contributed by atoms with Gasteiger partial charge in [-0.1, -0.05) is 11.6 Å². The molecule has 1 saturated heterocycles. The highest BCUT2D eigenvalue weighted by Crippen LogP contribution is 2.26. The lowest BCUT2D eigenvalue weighted by molar-refractivity contribution is 0.401. The van der Waals surface area contributed by atoms with Crippen molar-refractivity contribution in [3.8, 4) is 0 Å². The summed E-state index contributed by atoms with van der Waals surface area (Å²) in [6, 6.07) is 0. The van der Waals surface area contributed by atoms with E-state index in [1.807, 2.05) is 7.05 Å². The van der Waals surface area contributed by atoms with E-state index in [1.54, 1.807) is 12.5 Å². The van der Waals surface area contributed by atoms with Gasteiger partial charge in [-0.05, 0) is 32.4 Å². The first-order valence-electron chi connectivity index (χ1n) is 5.66. The predicted molar refractivity (Wildman–Crippen MR) is 65.9 cm³/mol. The molecule has 1 aromatic heterocycles. The van der Waals surface area contributed by atoms with E-state index in [0.29, 0.717) is 10.9 Å². The fourth-order valence-corrected chi connectivity index (χ4v) is 2.48. The summed E-state index contributed by atoms with van der Waals surface area (Å²) in [6.45, 7) is 3.12. The molecular weight excluding hydrogens is 224 g/mol. The van der Waals surface area contributed by atoms with Gasteiger partial charge in [-0.15, -0.1) is 0 Å². The Hall–Kier alpha value is -0.870. The maximum atomic E-state index is 6.10. The smallest absolute Gasteiger partial charge is 0.150 e. The van der Waals surface area contributed by atoms with Crippen molar-refractivity contribution in [2.45, 2.75) is 12.8 Å². The van der Waals surface area contributed by atoms with Gasteiger partial charge in [0.1, 0.15) is 11.3 Å². The Morgan fingerprint density at radius 2 is 2.50 bits per heavy atom. The van der Waals surface area contributed by atoms with Gasteiger partial charge in [-0.2, -0.15) is 0 Å². The van der Waals surface area contributed by atoms with Crippen LogP contribution < -0.4 is 10.2 Å². The largest absolute Gasteiger partial charge is 0.355 e. The fourth-order valence-electron chi connectivity index (χ4n) is 2.25. The summed E-state index contributed by atoms with van der Waals surface area (Å²) in [7, 11) is 2.00. The van der Waals surface area contributed by atoms with Gasteiger partial charge < -0.3 is 10.2 Å². The molecule has 5 heteroatoms. The van der Waals surface area contributed by atoms with E-state index in [4.69, 9.17) is 11.6 Å². The van der Waals surface area contributed by atoms with Crippen LogP contribution in [0.1, 0.15) is 12.8 Å². The van der Waals surface area contributed by atoms with Crippen molar-refractivity contribution >= 4 is 17.4 Å². The summed E-state index contributed by atoms with van der Waals surface area (Å²) < 4.78 is 0. The summed E-state index contributed by atoms with van der Waals surface area (Å²) in [5, 5.41) is 3.88. The molecule has 0 bridgehead atoms. The van der Waals surface area contributed by atoms with Crippen LogP contribution in [-0.4, -0.2) is 36.6 Å². The van der Waals surface area contributed by atoms with E-state index in [9.17, 15) is 0 Å². The van der Waals surface area contributed by atoms with Gasteiger partial charge in [0.2, 0.25) is 0 Å². The van der Waals surface area contributed by atoms with Crippen LogP contribution in [0.25, 0.3) is 0 Å². The highest BCUT2D eigenvalue weighted by Gasteiger charge is 2.21. The molecule has 4 nitrogen and oxygen atoms in total. The van der Waals surface area contributed by atoms with Gasteiger partial charge in [0.05, 0.1) is 6.20 Å². The molecule has 0 aliphatic carbocycles. The summed E-state index contributed by atoms with van der Waals surface area (Å²) in [5.74, 6) is 1.56. The molecule has 88 valence electrons. The molecule has 0 spiro atoms. The van der Waals surface area contributed by atoms with Gasteiger partial charge in [-0.25, -0.2) is 9.97 Å². The minimum atomic E-state index is 0.646. The van der Waals surface area contributed by atoms with E-state index in [1.165, 1.54) is 12.8 Å². The zero-order valence-corrected chi connectivity index (χ0v) is 10.2. The maximum absolute atomic E-state index is 6.10. The van der Waals surface area contributed by atoms with Crippen molar-refractivity contribution in [2.24, 2.45) is 5.92 Å². The highest BCUT2D eigenvalue weighted by molar-refractivity contribution is 6.32. The number of hydrogen-bond acceptors (Lipinski definition) is 4. The zero-order valence-electron chi connectivity index (χ0n) is 9.49. The van der Waals surface area contributed by atoms with Crippen molar-refractivity contribution < 1.29 is 0 Å². The molecule has 16 heavy (non-hydrogen) atoms. The Bertz CT molecular complexity index is 343. The Morgan fingerprint density at radius 1 is 1.62 bits per heavy atom. The van der Waals surface area contributed by atoms with Crippen LogP contribution in [0.15, 0.2) is 12.5 Å². The average molecular weight is 241 g/mol. The van der Waals surface area contributed by atoms with Crippen LogP contribution in [-0.2, 0) is 0 Å². The minimum Gasteiger partial charge on any atom is -0.355 e.